The Morgan fingerprint density at radius 3 is 2.92 bits per heavy atom. The molecule has 4 heteroatoms. The fourth-order valence-corrected chi connectivity index (χ4v) is 0.830. The van der Waals surface area contributed by atoms with Gasteiger partial charge in [-0.3, -0.25) is 0 Å². The van der Waals surface area contributed by atoms with Crippen molar-refractivity contribution in [2.75, 3.05) is 19.0 Å². The second-order valence-electron chi connectivity index (χ2n) is 2.36. The number of hydrogen-bond acceptors (Lipinski definition) is 4. The van der Waals surface area contributed by atoms with Crippen LogP contribution in [0.25, 0.3) is 0 Å². The number of ether oxygens (including phenoxy) is 1. The Morgan fingerprint density at radius 2 is 2.33 bits per heavy atom. The molecule has 0 saturated heterocycles. The quantitative estimate of drug-likeness (QED) is 0.735. The average molecular weight is 167 g/mol. The first-order valence-electron chi connectivity index (χ1n) is 3.92. The molecule has 0 bridgehead atoms. The van der Waals surface area contributed by atoms with Crippen molar-refractivity contribution in [3.63, 3.8) is 0 Å². The minimum absolute atomic E-state index is 0.587. The zero-order valence-electron chi connectivity index (χ0n) is 7.59. The van der Waals surface area contributed by atoms with E-state index in [1.807, 2.05) is 13.8 Å². The van der Waals surface area contributed by atoms with E-state index in [-0.39, 0.29) is 0 Å². The van der Waals surface area contributed by atoms with Gasteiger partial charge in [-0.15, -0.1) is 0 Å². The first-order chi connectivity index (χ1) is 5.77. The summed E-state index contributed by atoms with van der Waals surface area (Å²) in [6.07, 6.45) is 1.74. The van der Waals surface area contributed by atoms with Crippen molar-refractivity contribution >= 4 is 5.95 Å². The first-order valence-corrected chi connectivity index (χ1v) is 3.92. The van der Waals surface area contributed by atoms with Crippen LogP contribution < -0.4 is 10.1 Å². The van der Waals surface area contributed by atoms with Gasteiger partial charge in [0.25, 0.3) is 0 Å². The summed E-state index contributed by atoms with van der Waals surface area (Å²) in [4.78, 5) is 8.17. The highest BCUT2D eigenvalue weighted by molar-refractivity contribution is 5.31. The van der Waals surface area contributed by atoms with Crippen LogP contribution in [0.5, 0.6) is 5.88 Å². The number of aryl methyl sites for hydroxylation is 1. The third kappa shape index (κ3) is 1.84. The lowest BCUT2D eigenvalue weighted by molar-refractivity contribution is 0.324. The minimum atomic E-state index is 0.587. The fraction of sp³-hybridized carbons (Fsp3) is 0.500. The van der Waals surface area contributed by atoms with Crippen molar-refractivity contribution in [3.05, 3.63) is 11.8 Å². The van der Waals surface area contributed by atoms with Crippen molar-refractivity contribution < 1.29 is 4.74 Å². The Morgan fingerprint density at radius 1 is 1.58 bits per heavy atom. The minimum Gasteiger partial charge on any atom is -0.478 e. The van der Waals surface area contributed by atoms with Crippen LogP contribution in [0.4, 0.5) is 5.95 Å². The number of aromatic nitrogens is 2. The van der Waals surface area contributed by atoms with Crippen LogP contribution in [-0.2, 0) is 0 Å². The van der Waals surface area contributed by atoms with Gasteiger partial charge in [-0.2, -0.15) is 4.98 Å². The molecule has 0 atom stereocenters. The van der Waals surface area contributed by atoms with Gasteiger partial charge in [0.1, 0.15) is 0 Å². The van der Waals surface area contributed by atoms with Crippen LogP contribution in [0.3, 0.4) is 0 Å². The summed E-state index contributed by atoms with van der Waals surface area (Å²) in [7, 11) is 1.78. The summed E-state index contributed by atoms with van der Waals surface area (Å²) in [6.45, 7) is 4.48. The van der Waals surface area contributed by atoms with Crippen LogP contribution in [0.15, 0.2) is 6.20 Å². The van der Waals surface area contributed by atoms with E-state index in [0.717, 1.165) is 5.56 Å². The van der Waals surface area contributed by atoms with Crippen molar-refractivity contribution in [2.24, 2.45) is 0 Å². The Bertz CT molecular complexity index is 262. The molecule has 0 unspecified atom stereocenters. The Balaban J connectivity index is 2.91. The molecule has 0 spiro atoms. The predicted molar refractivity (Wildman–Crippen MR) is 47.5 cm³/mol. The topological polar surface area (TPSA) is 47.0 Å². The summed E-state index contributed by atoms with van der Waals surface area (Å²) in [5, 5.41) is 2.85. The molecule has 0 radical (unpaired) electrons. The maximum atomic E-state index is 5.29. The van der Waals surface area contributed by atoms with Gasteiger partial charge in [-0.25, -0.2) is 4.98 Å². The summed E-state index contributed by atoms with van der Waals surface area (Å²) >= 11 is 0. The summed E-state index contributed by atoms with van der Waals surface area (Å²) in [6, 6.07) is 0. The van der Waals surface area contributed by atoms with Crippen molar-refractivity contribution in [2.45, 2.75) is 13.8 Å². The Labute approximate surface area is 72.0 Å². The largest absolute Gasteiger partial charge is 0.478 e. The van der Waals surface area contributed by atoms with Crippen LogP contribution in [0.2, 0.25) is 0 Å². The van der Waals surface area contributed by atoms with E-state index < -0.39 is 0 Å². The van der Waals surface area contributed by atoms with E-state index >= 15 is 0 Å². The third-order valence-corrected chi connectivity index (χ3v) is 1.43. The van der Waals surface area contributed by atoms with Crippen LogP contribution in [0, 0.1) is 6.92 Å². The molecule has 1 heterocycles. The lowest BCUT2D eigenvalue weighted by atomic mass is 10.4. The predicted octanol–water partition coefficient (Wildman–Crippen LogP) is 1.23. The van der Waals surface area contributed by atoms with Gasteiger partial charge in [0.15, 0.2) is 0 Å². The van der Waals surface area contributed by atoms with Gasteiger partial charge in [0, 0.05) is 18.8 Å². The molecule has 1 aromatic rings. The van der Waals surface area contributed by atoms with Crippen LogP contribution >= 0.6 is 0 Å². The van der Waals surface area contributed by atoms with Crippen molar-refractivity contribution in [3.8, 4) is 5.88 Å². The third-order valence-electron chi connectivity index (χ3n) is 1.43. The Hall–Kier alpha value is -1.32. The molecular weight excluding hydrogens is 154 g/mol. The molecule has 1 N–H and O–H groups in total. The molecule has 4 nitrogen and oxygen atoms in total. The number of nitrogens with zero attached hydrogens (tertiary/aromatic N) is 2. The molecule has 0 aliphatic heterocycles. The Kier molecular flexibility index (Phi) is 2.85. The molecular formula is C8H13N3O. The average Bonchev–Trinajstić information content (AvgIpc) is 2.09. The molecule has 1 aromatic heterocycles. The number of rotatable bonds is 3. The zero-order valence-corrected chi connectivity index (χ0v) is 7.59. The molecule has 0 aliphatic carbocycles. The standard InChI is InChI=1S/C8H13N3O/c1-4-12-7-6(2)5-10-8(9-3)11-7/h5H,4H2,1-3H3,(H,9,10,11). The van der Waals surface area contributed by atoms with E-state index in [0.29, 0.717) is 18.4 Å². The van der Waals surface area contributed by atoms with Gasteiger partial charge in [0.05, 0.1) is 6.61 Å². The highest BCUT2D eigenvalue weighted by Gasteiger charge is 2.01. The molecule has 1 rings (SSSR count). The van der Waals surface area contributed by atoms with Gasteiger partial charge < -0.3 is 10.1 Å². The van der Waals surface area contributed by atoms with Crippen molar-refractivity contribution in [1.82, 2.24) is 9.97 Å². The number of nitrogens with one attached hydrogen (secondary N) is 1. The monoisotopic (exact) mass is 167 g/mol. The zero-order chi connectivity index (χ0) is 8.97. The van der Waals surface area contributed by atoms with E-state index in [1.165, 1.54) is 0 Å². The van der Waals surface area contributed by atoms with Crippen LogP contribution in [-0.4, -0.2) is 23.6 Å². The normalized spacial score (nSPS) is 9.58. The van der Waals surface area contributed by atoms with E-state index in [9.17, 15) is 0 Å². The second kappa shape index (κ2) is 3.90. The van der Waals surface area contributed by atoms with Gasteiger partial charge in [-0.1, -0.05) is 0 Å². The molecule has 0 aliphatic rings. The second-order valence-corrected chi connectivity index (χ2v) is 2.36. The molecule has 0 aromatic carbocycles. The van der Waals surface area contributed by atoms with Gasteiger partial charge >= 0.3 is 0 Å². The highest BCUT2D eigenvalue weighted by atomic mass is 16.5. The molecule has 0 saturated carbocycles. The van der Waals surface area contributed by atoms with Crippen molar-refractivity contribution in [1.29, 1.82) is 0 Å². The van der Waals surface area contributed by atoms with E-state index in [4.69, 9.17) is 4.74 Å². The molecule has 12 heavy (non-hydrogen) atoms. The van der Waals surface area contributed by atoms with Gasteiger partial charge in [0.2, 0.25) is 11.8 Å². The number of hydrogen-bond donors (Lipinski definition) is 1. The van der Waals surface area contributed by atoms with E-state index in [1.54, 1.807) is 13.2 Å². The maximum absolute atomic E-state index is 5.29. The molecule has 0 amide bonds. The SMILES string of the molecule is CCOc1nc(NC)ncc1C. The summed E-state index contributed by atoms with van der Waals surface area (Å²) in [5.41, 5.74) is 0.954. The van der Waals surface area contributed by atoms with Crippen LogP contribution in [0.1, 0.15) is 12.5 Å². The molecule has 66 valence electrons. The van der Waals surface area contributed by atoms with E-state index in [2.05, 4.69) is 15.3 Å². The fourth-order valence-electron chi connectivity index (χ4n) is 0.830. The number of anilines is 1. The molecule has 0 fully saturated rings. The highest BCUT2D eigenvalue weighted by Crippen LogP contribution is 2.14. The lowest BCUT2D eigenvalue weighted by Crippen LogP contribution is -2.02. The lowest BCUT2D eigenvalue weighted by Gasteiger charge is -2.06. The maximum Gasteiger partial charge on any atom is 0.225 e. The summed E-state index contributed by atoms with van der Waals surface area (Å²) < 4.78 is 5.29. The summed E-state index contributed by atoms with van der Waals surface area (Å²) in [5.74, 6) is 1.24. The van der Waals surface area contributed by atoms with Gasteiger partial charge in [-0.05, 0) is 13.8 Å². The smallest absolute Gasteiger partial charge is 0.225 e. The first kappa shape index (κ1) is 8.77.